The number of carbonyl (C=O) groups is 6. The van der Waals surface area contributed by atoms with Crippen LogP contribution in [0.25, 0.3) is 0 Å². The number of carbonyl (C=O) groups excluding carboxylic acids is 4. The van der Waals surface area contributed by atoms with Gasteiger partial charge in [-0.05, 0) is 50.2 Å². The summed E-state index contributed by atoms with van der Waals surface area (Å²) in [5.41, 5.74) is 5.95. The second-order valence-corrected chi connectivity index (χ2v) is 16.4. The van der Waals surface area contributed by atoms with Gasteiger partial charge in [-0.1, -0.05) is 34.0 Å². The van der Waals surface area contributed by atoms with Crippen molar-refractivity contribution in [3.8, 4) is 51.7 Å². The van der Waals surface area contributed by atoms with Crippen LogP contribution in [0.3, 0.4) is 0 Å². The first-order valence-electron chi connectivity index (χ1n) is 20.9. The van der Waals surface area contributed by atoms with Crippen molar-refractivity contribution in [1.29, 1.82) is 0 Å². The Morgan fingerprint density at radius 3 is 1.04 bits per heavy atom. The molecule has 2 amide bonds. The number of nitrogens with two attached hydrogens (primary N) is 1. The van der Waals surface area contributed by atoms with Gasteiger partial charge in [0.25, 0.3) is 11.8 Å². The number of carboxylic acid groups (broad SMARTS) is 2. The van der Waals surface area contributed by atoms with E-state index in [9.17, 15) is 28.8 Å². The Labute approximate surface area is 434 Å². The number of esters is 2. The van der Waals surface area contributed by atoms with E-state index < -0.39 is 29.7 Å². The lowest BCUT2D eigenvalue weighted by Crippen LogP contribution is -2.12. The Kier molecular flexibility index (Phi) is 23.9. The van der Waals surface area contributed by atoms with Crippen molar-refractivity contribution in [2.75, 3.05) is 93.6 Å². The highest BCUT2D eigenvalue weighted by Crippen LogP contribution is 2.40. The van der Waals surface area contributed by atoms with Gasteiger partial charge in [-0.3, -0.25) is 20.2 Å². The van der Waals surface area contributed by atoms with Crippen molar-refractivity contribution >= 4 is 85.1 Å². The van der Waals surface area contributed by atoms with Crippen molar-refractivity contribution < 1.29 is 91.1 Å². The molecule has 0 atom stereocenters. The number of aromatic nitrogens is 3. The normalized spacial score (nSPS) is 9.88. The molecule has 6 N–H and O–H groups in total. The summed E-state index contributed by atoms with van der Waals surface area (Å²) in [7, 11) is 13.1. The lowest BCUT2D eigenvalue weighted by atomic mass is 10.1. The van der Waals surface area contributed by atoms with Crippen LogP contribution < -0.4 is 59.0 Å². The molecule has 0 spiro atoms. The average molecular weight is 1090 g/mol. The number of anilines is 3. The number of hydrogen-bond donors (Lipinski definition) is 5. The summed E-state index contributed by atoms with van der Waals surface area (Å²) < 4.78 is 55.9. The SMILES string of the molecule is CCOC(=O)c1cnc(N)s1.CCOC(=O)c1cnc(NC(=O)c2cc(OC)c(OC)c(OC)c2)s1.COc1cc(C(=O)Nc2ncc(C(=O)O)s2)cc(OC)c1OC.COc1cc(C(=O)O)cc(OC)c1OC. The zero-order valence-electron chi connectivity index (χ0n) is 41.6. The highest BCUT2D eigenvalue weighted by Gasteiger charge is 2.21. The fraction of sp³-hybridized carbons (Fsp3) is 0.283. The van der Waals surface area contributed by atoms with E-state index in [0.717, 1.165) is 34.0 Å². The lowest BCUT2D eigenvalue weighted by molar-refractivity contribution is 0.0522. The topological polar surface area (TPSA) is 333 Å². The smallest absolute Gasteiger partial charge is 0.350 e. The highest BCUT2D eigenvalue weighted by atomic mass is 32.1. The number of nitrogens with zero attached hydrogens (tertiary/aromatic N) is 3. The summed E-state index contributed by atoms with van der Waals surface area (Å²) >= 11 is 3.02. The maximum absolute atomic E-state index is 12.4. The van der Waals surface area contributed by atoms with E-state index in [1.54, 1.807) is 13.8 Å². The standard InChI is InChI=1S/C16H18N2O6S.C14H14N2O6S.C10H12O5.C6H8N2O2S/c1-5-24-15(20)12-8-17-16(25-12)18-14(19)9-6-10(21-2)13(23-4)11(7-9)22-3;1-20-8-4-7(5-9(21-2)11(8)22-3)12(17)16-14-15-6-10(23-14)13(18)19;1-13-7-4-6(10(11)12)5-8(14-2)9(7)15-3;1-2-10-5(9)4-3-8-6(7)11-4/h6-8H,5H2,1-4H3,(H,17,18,19);4-6H,1-3H3,(H,18,19)(H,15,16,17);4-5H,1-3H3,(H,11,12);3H,2H2,1H3,(H2,7,8). The largest absolute Gasteiger partial charge is 0.493 e. The van der Waals surface area contributed by atoms with E-state index >= 15 is 0 Å². The molecule has 28 heteroatoms. The fourth-order valence-corrected chi connectivity index (χ4v) is 7.54. The molecule has 3 aromatic carbocycles. The number of nitrogens with one attached hydrogen (secondary N) is 2. The van der Waals surface area contributed by atoms with Crippen LogP contribution in [0.2, 0.25) is 0 Å². The summed E-state index contributed by atoms with van der Waals surface area (Å²) in [4.78, 5) is 81.3. The molecule has 398 valence electrons. The number of carboxylic acids is 2. The average Bonchev–Trinajstić information content (AvgIpc) is 4.20. The molecule has 0 saturated heterocycles. The van der Waals surface area contributed by atoms with Crippen LogP contribution in [0.5, 0.6) is 51.7 Å². The molecule has 0 saturated carbocycles. The Morgan fingerprint density at radius 2 is 0.770 bits per heavy atom. The summed E-state index contributed by atoms with van der Waals surface area (Å²) in [5.74, 6) is -0.705. The third kappa shape index (κ3) is 16.5. The van der Waals surface area contributed by atoms with Crippen LogP contribution in [0, 0.1) is 0 Å². The van der Waals surface area contributed by atoms with Crippen LogP contribution in [0.4, 0.5) is 15.4 Å². The Morgan fingerprint density at radius 1 is 0.459 bits per heavy atom. The number of hydrogen-bond acceptors (Lipinski definition) is 24. The molecule has 74 heavy (non-hydrogen) atoms. The predicted molar refractivity (Wildman–Crippen MR) is 271 cm³/mol. The Hall–Kier alpha value is -8.63. The quantitative estimate of drug-likeness (QED) is 0.0508. The van der Waals surface area contributed by atoms with Crippen molar-refractivity contribution in [1.82, 2.24) is 15.0 Å². The van der Waals surface area contributed by atoms with Crippen LogP contribution in [-0.2, 0) is 9.47 Å². The Balaban J connectivity index is 0.000000272. The van der Waals surface area contributed by atoms with Gasteiger partial charge in [-0.25, -0.2) is 34.1 Å². The number of methoxy groups -OCH3 is 9. The number of rotatable bonds is 19. The van der Waals surface area contributed by atoms with Crippen LogP contribution in [0.1, 0.15) is 73.9 Å². The number of ether oxygens (including phenoxy) is 11. The van der Waals surface area contributed by atoms with Crippen molar-refractivity contribution in [3.63, 3.8) is 0 Å². The summed E-state index contributed by atoms with van der Waals surface area (Å²) in [6, 6.07) is 8.78. The van der Waals surface area contributed by atoms with Gasteiger partial charge >= 0.3 is 23.9 Å². The minimum atomic E-state index is -1.10. The fourth-order valence-electron chi connectivity index (χ4n) is 5.61. The van der Waals surface area contributed by atoms with E-state index in [4.69, 9.17) is 68.1 Å². The van der Waals surface area contributed by atoms with E-state index in [-0.39, 0.29) is 38.8 Å². The van der Waals surface area contributed by atoms with Gasteiger partial charge < -0.3 is 68.1 Å². The number of amides is 2. The maximum Gasteiger partial charge on any atom is 0.350 e. The molecule has 0 fully saturated rings. The second kappa shape index (κ2) is 29.7. The summed E-state index contributed by atoms with van der Waals surface area (Å²) in [6.07, 6.45) is 3.95. The zero-order valence-corrected chi connectivity index (χ0v) is 44.0. The van der Waals surface area contributed by atoms with Crippen LogP contribution in [-0.4, -0.2) is 138 Å². The molecule has 3 heterocycles. The molecule has 0 aliphatic rings. The third-order valence-electron chi connectivity index (χ3n) is 8.91. The van der Waals surface area contributed by atoms with Gasteiger partial charge in [0, 0.05) is 11.1 Å². The van der Waals surface area contributed by atoms with Gasteiger partial charge in [0.1, 0.15) is 14.6 Å². The van der Waals surface area contributed by atoms with E-state index in [1.807, 2.05) is 0 Å². The van der Waals surface area contributed by atoms with Crippen molar-refractivity contribution in [2.45, 2.75) is 13.8 Å². The first-order valence-corrected chi connectivity index (χ1v) is 23.3. The van der Waals surface area contributed by atoms with Gasteiger partial charge in [0.05, 0.1) is 101 Å². The van der Waals surface area contributed by atoms with Crippen molar-refractivity contribution in [2.24, 2.45) is 0 Å². The monoisotopic (exact) mass is 1090 g/mol. The van der Waals surface area contributed by atoms with Crippen LogP contribution >= 0.6 is 34.0 Å². The molecule has 25 nitrogen and oxygen atoms in total. The minimum Gasteiger partial charge on any atom is -0.493 e. The first-order chi connectivity index (χ1) is 35.4. The molecule has 0 aliphatic heterocycles. The molecule has 6 aromatic rings. The van der Waals surface area contributed by atoms with Gasteiger partial charge in [-0.2, -0.15) is 0 Å². The number of benzene rings is 3. The molecular formula is C46H52N6O19S3. The number of thiazole rings is 3. The third-order valence-corrected chi connectivity index (χ3v) is 11.5. The Bertz CT molecular complexity index is 2810. The number of aromatic carboxylic acids is 2. The van der Waals surface area contributed by atoms with Crippen LogP contribution in [0.15, 0.2) is 55.0 Å². The second-order valence-electron chi connectivity index (χ2n) is 13.3. The molecule has 0 unspecified atom stereocenters. The van der Waals surface area contributed by atoms with E-state index in [0.29, 0.717) is 78.8 Å². The molecule has 0 radical (unpaired) electrons. The molecule has 6 rings (SSSR count). The van der Waals surface area contributed by atoms with Gasteiger partial charge in [-0.15, -0.1) is 0 Å². The zero-order chi connectivity index (χ0) is 55.1. The summed E-state index contributed by atoms with van der Waals surface area (Å²) in [5, 5.41) is 23.7. The highest BCUT2D eigenvalue weighted by molar-refractivity contribution is 7.18. The van der Waals surface area contributed by atoms with E-state index in [1.165, 1.54) is 119 Å². The van der Waals surface area contributed by atoms with Gasteiger partial charge in [0.15, 0.2) is 49.9 Å². The van der Waals surface area contributed by atoms with E-state index in [2.05, 4.69) is 25.6 Å². The molecular weight excluding hydrogens is 1040 g/mol. The molecule has 3 aromatic heterocycles. The molecule has 0 aliphatic carbocycles. The molecule has 0 bridgehead atoms. The van der Waals surface area contributed by atoms with Gasteiger partial charge in [0.2, 0.25) is 17.2 Å². The minimum absolute atomic E-state index is 0.0326. The number of nitrogen functional groups attached to an aromatic ring is 1. The van der Waals surface area contributed by atoms with Crippen molar-refractivity contribution in [3.05, 3.63) is 86.3 Å². The lowest BCUT2D eigenvalue weighted by Gasteiger charge is -2.13. The summed E-state index contributed by atoms with van der Waals surface area (Å²) in [6.45, 7) is 4.11. The maximum atomic E-state index is 12.4. The first kappa shape index (κ1) is 59.7. The predicted octanol–water partition coefficient (Wildman–Crippen LogP) is 7.03.